The summed E-state index contributed by atoms with van der Waals surface area (Å²) in [5.74, 6) is -1.24. The first-order chi connectivity index (χ1) is 8.18. The molecular weight excluding hydrogens is 214 g/mol. The van der Waals surface area contributed by atoms with E-state index in [1.165, 1.54) is 32.4 Å². The summed E-state index contributed by atoms with van der Waals surface area (Å²) in [5, 5.41) is 11.7. The van der Waals surface area contributed by atoms with Crippen LogP contribution in [0.3, 0.4) is 0 Å². The van der Waals surface area contributed by atoms with Crippen molar-refractivity contribution in [3.05, 3.63) is 37.0 Å². The summed E-state index contributed by atoms with van der Waals surface area (Å²) < 4.78 is 0. The Morgan fingerprint density at radius 3 is 2.24 bits per heavy atom. The van der Waals surface area contributed by atoms with Crippen molar-refractivity contribution in [1.82, 2.24) is 5.32 Å². The largest absolute Gasteiger partial charge is 0.481 e. The van der Waals surface area contributed by atoms with Crippen molar-refractivity contribution in [2.45, 2.75) is 26.2 Å². The minimum absolute atomic E-state index is 0.426. The highest BCUT2D eigenvalue weighted by Crippen LogP contribution is 1.97. The zero-order chi connectivity index (χ0) is 12.9. The van der Waals surface area contributed by atoms with Crippen molar-refractivity contribution in [1.29, 1.82) is 0 Å². The zero-order valence-electron chi connectivity index (χ0n) is 10.6. The first-order valence-corrected chi connectivity index (χ1v) is 6.08. The van der Waals surface area contributed by atoms with Crippen molar-refractivity contribution >= 4 is 5.97 Å². The third-order valence-corrected chi connectivity index (χ3v) is 2.35. The van der Waals surface area contributed by atoms with Gasteiger partial charge in [0, 0.05) is 0 Å². The Balaban J connectivity index is 0.000000354. The first kappa shape index (κ1) is 15.7. The van der Waals surface area contributed by atoms with Gasteiger partial charge in [-0.2, -0.15) is 0 Å². The van der Waals surface area contributed by atoms with Gasteiger partial charge >= 0.3 is 5.97 Å². The second kappa shape index (κ2) is 11.1. The second-order valence-electron chi connectivity index (χ2n) is 3.94. The van der Waals surface area contributed by atoms with Gasteiger partial charge in [-0.05, 0) is 32.9 Å². The quantitative estimate of drug-likeness (QED) is 0.739. The van der Waals surface area contributed by atoms with E-state index in [4.69, 9.17) is 5.11 Å². The molecule has 17 heavy (non-hydrogen) atoms. The van der Waals surface area contributed by atoms with E-state index in [1.807, 2.05) is 0 Å². The molecule has 0 aromatic heterocycles. The van der Waals surface area contributed by atoms with Gasteiger partial charge < -0.3 is 10.4 Å². The molecule has 1 unspecified atom stereocenters. The molecule has 1 rings (SSSR count). The molecule has 0 aromatic carbocycles. The topological polar surface area (TPSA) is 49.3 Å². The van der Waals surface area contributed by atoms with Gasteiger partial charge in [0.1, 0.15) is 0 Å². The summed E-state index contributed by atoms with van der Waals surface area (Å²) in [6.07, 6.45) is 12.6. The summed E-state index contributed by atoms with van der Waals surface area (Å²) in [5.41, 5.74) is 0. The van der Waals surface area contributed by atoms with Gasteiger partial charge in [-0.15, -0.1) is 0 Å². The van der Waals surface area contributed by atoms with Crippen LogP contribution in [-0.2, 0) is 4.79 Å². The Kier molecular flexibility index (Phi) is 10.3. The number of nitrogens with one attached hydrogen (secondary N) is 1. The van der Waals surface area contributed by atoms with E-state index in [1.54, 1.807) is 37.3 Å². The normalized spacial score (nSPS) is 17.5. The summed E-state index contributed by atoms with van der Waals surface area (Å²) in [7, 11) is 0. The Hall–Kier alpha value is -1.35. The number of allylic oxidation sites excluding steroid dienone is 4. The number of carboxylic acid groups (broad SMARTS) is 1. The van der Waals surface area contributed by atoms with Crippen LogP contribution in [0.15, 0.2) is 37.0 Å². The van der Waals surface area contributed by atoms with Gasteiger partial charge in [0.2, 0.25) is 0 Å². The van der Waals surface area contributed by atoms with E-state index < -0.39 is 11.9 Å². The molecule has 0 aromatic rings. The molecular formula is C14H23NO2. The third-order valence-electron chi connectivity index (χ3n) is 2.35. The van der Waals surface area contributed by atoms with E-state index in [0.717, 1.165) is 0 Å². The monoisotopic (exact) mass is 237 g/mol. The average molecular weight is 237 g/mol. The molecule has 1 heterocycles. The third kappa shape index (κ3) is 10.9. The Morgan fingerprint density at radius 2 is 1.88 bits per heavy atom. The number of carboxylic acids is 1. The van der Waals surface area contributed by atoms with Crippen molar-refractivity contribution < 1.29 is 9.90 Å². The van der Waals surface area contributed by atoms with Gasteiger partial charge in [0.25, 0.3) is 0 Å². The highest BCUT2D eigenvalue weighted by atomic mass is 16.4. The number of hydrogen-bond donors (Lipinski definition) is 2. The van der Waals surface area contributed by atoms with E-state index in [9.17, 15) is 4.79 Å². The molecule has 0 aliphatic carbocycles. The standard InChI is InChI=1S/C9H12O2.C5H11N/c1-3-4-5-6-7-8(2)9(10)11;1-2-4-6-5-3-1/h3-8H,1H2,2H3,(H,10,11);6H,1-5H2/b5-4-,7-6+;. The number of aliphatic carboxylic acids is 1. The number of rotatable bonds is 4. The maximum absolute atomic E-state index is 10.3. The molecule has 0 radical (unpaired) electrons. The van der Waals surface area contributed by atoms with Crippen LogP contribution in [0, 0.1) is 5.92 Å². The Labute approximate surface area is 104 Å². The lowest BCUT2D eigenvalue weighted by atomic mass is 10.2. The highest BCUT2D eigenvalue weighted by Gasteiger charge is 2.03. The molecule has 1 aliphatic rings. The van der Waals surface area contributed by atoms with Crippen molar-refractivity contribution in [2.75, 3.05) is 13.1 Å². The highest BCUT2D eigenvalue weighted by molar-refractivity contribution is 5.71. The second-order valence-corrected chi connectivity index (χ2v) is 3.94. The number of hydrogen-bond acceptors (Lipinski definition) is 2. The predicted molar refractivity (Wildman–Crippen MR) is 72.0 cm³/mol. The summed E-state index contributed by atoms with van der Waals surface area (Å²) in [6, 6.07) is 0. The van der Waals surface area contributed by atoms with Crippen molar-refractivity contribution in [3.63, 3.8) is 0 Å². The van der Waals surface area contributed by atoms with Gasteiger partial charge in [-0.1, -0.05) is 43.4 Å². The van der Waals surface area contributed by atoms with E-state index in [0.29, 0.717) is 0 Å². The zero-order valence-corrected chi connectivity index (χ0v) is 10.6. The van der Waals surface area contributed by atoms with E-state index >= 15 is 0 Å². The molecule has 0 spiro atoms. The van der Waals surface area contributed by atoms with Gasteiger partial charge in [0.05, 0.1) is 5.92 Å². The van der Waals surface area contributed by atoms with E-state index in [-0.39, 0.29) is 0 Å². The summed E-state index contributed by atoms with van der Waals surface area (Å²) >= 11 is 0. The van der Waals surface area contributed by atoms with Crippen molar-refractivity contribution in [3.8, 4) is 0 Å². The lowest BCUT2D eigenvalue weighted by Gasteiger charge is -2.08. The Morgan fingerprint density at radius 1 is 1.24 bits per heavy atom. The lowest BCUT2D eigenvalue weighted by Crippen LogP contribution is -2.21. The molecule has 1 fully saturated rings. The minimum Gasteiger partial charge on any atom is -0.481 e. The lowest BCUT2D eigenvalue weighted by molar-refractivity contribution is -0.139. The molecule has 0 bridgehead atoms. The maximum Gasteiger partial charge on any atom is 0.310 e. The molecule has 96 valence electrons. The smallest absolute Gasteiger partial charge is 0.310 e. The van der Waals surface area contributed by atoms with Crippen LogP contribution in [0.1, 0.15) is 26.2 Å². The molecule has 2 N–H and O–H groups in total. The van der Waals surface area contributed by atoms with Gasteiger partial charge in [-0.25, -0.2) is 0 Å². The molecule has 1 saturated heterocycles. The predicted octanol–water partition coefficient (Wildman–Crippen LogP) is 2.77. The fourth-order valence-electron chi connectivity index (χ4n) is 1.26. The fourth-order valence-corrected chi connectivity index (χ4v) is 1.26. The average Bonchev–Trinajstić information content (AvgIpc) is 2.37. The van der Waals surface area contributed by atoms with Crippen LogP contribution >= 0.6 is 0 Å². The maximum atomic E-state index is 10.3. The van der Waals surface area contributed by atoms with Crippen LogP contribution in [0.5, 0.6) is 0 Å². The molecule has 0 saturated carbocycles. The number of piperidine rings is 1. The summed E-state index contributed by atoms with van der Waals surface area (Å²) in [6.45, 7) is 7.60. The van der Waals surface area contributed by atoms with Crippen LogP contribution in [0.2, 0.25) is 0 Å². The molecule has 3 nitrogen and oxygen atoms in total. The molecule has 1 aliphatic heterocycles. The SMILES string of the molecule is C1CCNCC1.C=C/C=C\C=C\C(C)C(=O)O. The minimum atomic E-state index is -0.812. The van der Waals surface area contributed by atoms with Gasteiger partial charge in [-0.3, -0.25) is 4.79 Å². The summed E-state index contributed by atoms with van der Waals surface area (Å²) in [4.78, 5) is 10.3. The van der Waals surface area contributed by atoms with Gasteiger partial charge in [0.15, 0.2) is 0 Å². The van der Waals surface area contributed by atoms with E-state index in [2.05, 4.69) is 11.9 Å². The molecule has 0 amide bonds. The van der Waals surface area contributed by atoms with Crippen molar-refractivity contribution in [2.24, 2.45) is 5.92 Å². The van der Waals surface area contributed by atoms with Crippen LogP contribution in [0.25, 0.3) is 0 Å². The molecule has 3 heteroatoms. The van der Waals surface area contributed by atoms with Crippen LogP contribution < -0.4 is 5.32 Å². The first-order valence-electron chi connectivity index (χ1n) is 6.08. The Bertz CT molecular complexity index is 254. The molecule has 1 atom stereocenters. The number of carbonyl (C=O) groups is 1. The fraction of sp³-hybridized carbons (Fsp3) is 0.500. The van der Waals surface area contributed by atoms with Crippen LogP contribution in [0.4, 0.5) is 0 Å². The van der Waals surface area contributed by atoms with Crippen LogP contribution in [-0.4, -0.2) is 24.2 Å².